The van der Waals surface area contributed by atoms with Crippen LogP contribution in [0.25, 0.3) is 5.69 Å². The van der Waals surface area contributed by atoms with Crippen LogP contribution in [0.5, 0.6) is 0 Å². The topological polar surface area (TPSA) is 72.7 Å². The van der Waals surface area contributed by atoms with E-state index in [9.17, 15) is 4.79 Å². The number of aromatic nitrogens is 4. The van der Waals surface area contributed by atoms with Gasteiger partial charge >= 0.3 is 0 Å². The fraction of sp³-hybridized carbons (Fsp3) is 0.333. The Bertz CT molecular complexity index is 953. The minimum Gasteiger partial charge on any atom is -0.296 e. The SMILES string of the molecule is Cc1nn(-c2ccc(Br)cc2)c(C)c1C(=O)Nc1nnc(C(C)(C)C)s1. The molecule has 136 valence electrons. The quantitative estimate of drug-likeness (QED) is 0.651. The molecule has 0 atom stereocenters. The van der Waals surface area contributed by atoms with Crippen molar-refractivity contribution in [2.24, 2.45) is 0 Å². The summed E-state index contributed by atoms with van der Waals surface area (Å²) in [7, 11) is 0. The molecule has 26 heavy (non-hydrogen) atoms. The van der Waals surface area contributed by atoms with Crippen LogP contribution in [0, 0.1) is 13.8 Å². The Hall–Kier alpha value is -2.06. The monoisotopic (exact) mass is 433 g/mol. The lowest BCUT2D eigenvalue weighted by molar-refractivity contribution is 0.102. The molecule has 0 saturated heterocycles. The summed E-state index contributed by atoms with van der Waals surface area (Å²) in [5, 5.41) is 17.0. The van der Waals surface area contributed by atoms with Gasteiger partial charge in [-0.1, -0.05) is 48.0 Å². The summed E-state index contributed by atoms with van der Waals surface area (Å²) in [5.74, 6) is -0.222. The summed E-state index contributed by atoms with van der Waals surface area (Å²) in [6.45, 7) is 9.91. The Morgan fingerprint density at radius 2 is 1.81 bits per heavy atom. The summed E-state index contributed by atoms with van der Waals surface area (Å²) in [4.78, 5) is 12.8. The van der Waals surface area contributed by atoms with E-state index in [2.05, 4.69) is 57.3 Å². The Labute approximate surface area is 164 Å². The van der Waals surface area contributed by atoms with Crippen molar-refractivity contribution < 1.29 is 4.79 Å². The number of rotatable bonds is 3. The van der Waals surface area contributed by atoms with Crippen LogP contribution >= 0.6 is 27.3 Å². The molecule has 0 aliphatic heterocycles. The minimum absolute atomic E-state index is 0.0983. The number of nitrogens with zero attached hydrogens (tertiary/aromatic N) is 4. The first-order valence-corrected chi connectivity index (χ1v) is 9.75. The van der Waals surface area contributed by atoms with Crippen LogP contribution in [0.3, 0.4) is 0 Å². The van der Waals surface area contributed by atoms with E-state index in [1.807, 2.05) is 38.1 Å². The second-order valence-electron chi connectivity index (χ2n) is 7.05. The maximum absolute atomic E-state index is 12.8. The van der Waals surface area contributed by atoms with E-state index in [-0.39, 0.29) is 11.3 Å². The molecule has 3 rings (SSSR count). The van der Waals surface area contributed by atoms with E-state index in [0.29, 0.717) is 16.4 Å². The van der Waals surface area contributed by atoms with Crippen LogP contribution in [0.1, 0.15) is 47.5 Å². The number of benzene rings is 1. The van der Waals surface area contributed by atoms with E-state index in [1.54, 1.807) is 4.68 Å². The van der Waals surface area contributed by atoms with Crippen molar-refractivity contribution in [3.63, 3.8) is 0 Å². The number of hydrogen-bond donors (Lipinski definition) is 1. The Kier molecular flexibility index (Phi) is 4.98. The highest BCUT2D eigenvalue weighted by Gasteiger charge is 2.23. The first-order chi connectivity index (χ1) is 12.2. The van der Waals surface area contributed by atoms with Crippen LogP contribution < -0.4 is 5.32 Å². The number of hydrogen-bond acceptors (Lipinski definition) is 5. The smallest absolute Gasteiger partial charge is 0.261 e. The van der Waals surface area contributed by atoms with Crippen molar-refractivity contribution in [3.8, 4) is 5.69 Å². The summed E-state index contributed by atoms with van der Waals surface area (Å²) < 4.78 is 2.77. The summed E-state index contributed by atoms with van der Waals surface area (Å²) in [6, 6.07) is 7.79. The molecule has 0 saturated carbocycles. The van der Waals surface area contributed by atoms with Crippen molar-refractivity contribution in [2.45, 2.75) is 40.0 Å². The van der Waals surface area contributed by atoms with Gasteiger partial charge in [0.15, 0.2) is 0 Å². The third-order valence-corrected chi connectivity index (χ3v) is 5.67. The Morgan fingerprint density at radius 3 is 2.38 bits per heavy atom. The van der Waals surface area contributed by atoms with Crippen molar-refractivity contribution in [3.05, 3.63) is 50.7 Å². The Balaban J connectivity index is 1.88. The largest absolute Gasteiger partial charge is 0.296 e. The van der Waals surface area contributed by atoms with Crippen LogP contribution in [-0.2, 0) is 5.41 Å². The first kappa shape index (κ1) is 18.7. The van der Waals surface area contributed by atoms with Gasteiger partial charge in [0.2, 0.25) is 5.13 Å². The number of nitrogens with one attached hydrogen (secondary N) is 1. The number of halogens is 1. The van der Waals surface area contributed by atoms with Crippen molar-refractivity contribution in [2.75, 3.05) is 5.32 Å². The highest BCUT2D eigenvalue weighted by Crippen LogP contribution is 2.28. The molecule has 6 nitrogen and oxygen atoms in total. The van der Waals surface area contributed by atoms with Crippen LogP contribution in [-0.4, -0.2) is 25.9 Å². The van der Waals surface area contributed by atoms with Gasteiger partial charge < -0.3 is 0 Å². The van der Waals surface area contributed by atoms with Gasteiger partial charge in [-0.15, -0.1) is 10.2 Å². The lowest BCUT2D eigenvalue weighted by Gasteiger charge is -2.12. The second-order valence-corrected chi connectivity index (χ2v) is 8.94. The highest BCUT2D eigenvalue weighted by molar-refractivity contribution is 9.10. The van der Waals surface area contributed by atoms with Gasteiger partial charge in [0, 0.05) is 9.89 Å². The average molecular weight is 434 g/mol. The molecule has 1 aromatic carbocycles. The molecule has 0 aliphatic carbocycles. The Morgan fingerprint density at radius 1 is 1.15 bits per heavy atom. The zero-order valence-electron chi connectivity index (χ0n) is 15.3. The van der Waals surface area contributed by atoms with E-state index in [1.165, 1.54) is 11.3 Å². The van der Waals surface area contributed by atoms with Crippen molar-refractivity contribution in [1.29, 1.82) is 0 Å². The average Bonchev–Trinajstić information content (AvgIpc) is 3.12. The van der Waals surface area contributed by atoms with E-state index >= 15 is 0 Å². The fourth-order valence-electron chi connectivity index (χ4n) is 2.54. The molecule has 0 radical (unpaired) electrons. The lowest BCUT2D eigenvalue weighted by atomic mass is 9.98. The van der Waals surface area contributed by atoms with Gasteiger partial charge in [0.1, 0.15) is 5.01 Å². The van der Waals surface area contributed by atoms with Gasteiger partial charge in [-0.3, -0.25) is 10.1 Å². The number of carbonyl (C=O) groups is 1. The summed E-state index contributed by atoms with van der Waals surface area (Å²) in [5.41, 5.74) is 2.81. The third-order valence-electron chi connectivity index (χ3n) is 3.88. The zero-order chi connectivity index (χ0) is 19.1. The lowest BCUT2D eigenvalue weighted by Crippen LogP contribution is -2.14. The molecular weight excluding hydrogens is 414 g/mol. The molecule has 8 heteroatoms. The highest BCUT2D eigenvalue weighted by atomic mass is 79.9. The molecule has 1 N–H and O–H groups in total. The zero-order valence-corrected chi connectivity index (χ0v) is 17.7. The van der Waals surface area contributed by atoms with Gasteiger partial charge in [-0.05, 0) is 38.1 Å². The number of aryl methyl sites for hydroxylation is 1. The van der Waals surface area contributed by atoms with Gasteiger partial charge in [-0.2, -0.15) is 5.10 Å². The standard InChI is InChI=1S/C18H20BrN5OS/c1-10-14(11(2)24(23-10)13-8-6-12(19)7-9-13)15(25)20-17-22-21-16(26-17)18(3,4)5/h6-9H,1-5H3,(H,20,22,25). The van der Waals surface area contributed by atoms with Crippen LogP contribution in [0.2, 0.25) is 0 Å². The molecule has 0 bridgehead atoms. The molecule has 2 heterocycles. The molecular formula is C18H20BrN5OS. The molecule has 3 aromatic rings. The second kappa shape index (κ2) is 6.92. The molecule has 0 spiro atoms. The molecule has 0 fully saturated rings. The van der Waals surface area contributed by atoms with Gasteiger partial charge in [0.05, 0.1) is 22.6 Å². The third kappa shape index (κ3) is 3.71. The first-order valence-electron chi connectivity index (χ1n) is 8.14. The normalized spacial score (nSPS) is 11.6. The molecule has 2 aromatic heterocycles. The number of amides is 1. The molecule has 0 unspecified atom stereocenters. The van der Waals surface area contributed by atoms with Crippen LogP contribution in [0.4, 0.5) is 5.13 Å². The number of carbonyl (C=O) groups excluding carboxylic acids is 1. The van der Waals surface area contributed by atoms with E-state index in [0.717, 1.165) is 20.9 Å². The fourth-order valence-corrected chi connectivity index (χ4v) is 3.60. The maximum atomic E-state index is 12.8. The predicted octanol–water partition coefficient (Wildman–Crippen LogP) is 4.65. The summed E-state index contributed by atoms with van der Waals surface area (Å²) >= 11 is 4.82. The van der Waals surface area contributed by atoms with Crippen LogP contribution in [0.15, 0.2) is 28.7 Å². The molecule has 1 amide bonds. The van der Waals surface area contributed by atoms with Gasteiger partial charge in [-0.25, -0.2) is 4.68 Å². The minimum atomic E-state index is -0.222. The molecule has 0 aliphatic rings. The predicted molar refractivity (Wildman–Crippen MR) is 107 cm³/mol. The number of anilines is 1. The van der Waals surface area contributed by atoms with Crippen molar-refractivity contribution >= 4 is 38.3 Å². The van der Waals surface area contributed by atoms with E-state index in [4.69, 9.17) is 0 Å². The van der Waals surface area contributed by atoms with E-state index < -0.39 is 0 Å². The van der Waals surface area contributed by atoms with Crippen molar-refractivity contribution in [1.82, 2.24) is 20.0 Å². The maximum Gasteiger partial charge on any atom is 0.261 e. The summed E-state index contributed by atoms with van der Waals surface area (Å²) in [6.07, 6.45) is 0. The van der Waals surface area contributed by atoms with Gasteiger partial charge in [0.25, 0.3) is 5.91 Å².